The molecule has 0 unspecified atom stereocenters. The smallest absolute Gasteiger partial charge is 0.276 e. The van der Waals surface area contributed by atoms with Crippen molar-refractivity contribution in [2.45, 2.75) is 6.54 Å². The highest BCUT2D eigenvalue weighted by Crippen LogP contribution is 2.22. The van der Waals surface area contributed by atoms with Crippen LogP contribution in [0.2, 0.25) is 5.02 Å². The number of hydrogen-bond donors (Lipinski definition) is 1. The van der Waals surface area contributed by atoms with Crippen molar-refractivity contribution in [3.05, 3.63) is 92.9 Å². The average Bonchev–Trinajstić information content (AvgIpc) is 2.76. The zero-order valence-corrected chi connectivity index (χ0v) is 17.2. The number of rotatable bonds is 7. The summed E-state index contributed by atoms with van der Waals surface area (Å²) in [6.45, 7) is 0.321. The summed E-state index contributed by atoms with van der Waals surface area (Å²) in [6.07, 6.45) is 3.05. The number of nitrogens with one attached hydrogen (secondary N) is 1. The molecule has 0 aliphatic carbocycles. The topological polar surface area (TPSA) is 81.9 Å². The summed E-state index contributed by atoms with van der Waals surface area (Å²) in [5.41, 5.74) is 3.46. The van der Waals surface area contributed by atoms with Gasteiger partial charge in [0.2, 0.25) is 0 Å². The van der Waals surface area contributed by atoms with E-state index in [9.17, 15) is 9.59 Å². The number of hydrogen-bond acceptors (Lipinski definition) is 5. The molecule has 0 aliphatic heterocycles. The number of benzene rings is 2. The van der Waals surface area contributed by atoms with E-state index in [0.29, 0.717) is 28.6 Å². The highest BCUT2D eigenvalue weighted by atomic mass is 35.5. The molecule has 0 atom stereocenters. The molecule has 1 amide bonds. The Hall–Kier alpha value is -3.58. The van der Waals surface area contributed by atoms with Crippen molar-refractivity contribution in [3.63, 3.8) is 0 Å². The third-order valence-corrected chi connectivity index (χ3v) is 4.59. The van der Waals surface area contributed by atoms with Gasteiger partial charge >= 0.3 is 0 Å². The van der Waals surface area contributed by atoms with Gasteiger partial charge in [-0.15, -0.1) is 0 Å². The Morgan fingerprint density at radius 2 is 1.90 bits per heavy atom. The number of hydrazone groups is 1. The minimum absolute atomic E-state index is 0.0128. The highest BCUT2D eigenvalue weighted by Gasteiger charge is 2.12. The van der Waals surface area contributed by atoms with Gasteiger partial charge in [0.1, 0.15) is 17.1 Å². The van der Waals surface area contributed by atoms with Crippen molar-refractivity contribution >= 4 is 23.7 Å². The first-order valence-electron chi connectivity index (χ1n) is 9.01. The van der Waals surface area contributed by atoms with E-state index < -0.39 is 11.5 Å². The number of ether oxygens (including phenoxy) is 2. The van der Waals surface area contributed by atoms with Gasteiger partial charge in [-0.3, -0.25) is 9.59 Å². The predicted octanol–water partition coefficient (Wildman–Crippen LogP) is 3.33. The molecule has 0 saturated heterocycles. The van der Waals surface area contributed by atoms with E-state index in [4.69, 9.17) is 21.1 Å². The summed E-state index contributed by atoms with van der Waals surface area (Å²) in [5.74, 6) is 0.583. The third kappa shape index (κ3) is 5.07. The Balaban J connectivity index is 1.75. The molecule has 3 rings (SSSR count). The van der Waals surface area contributed by atoms with Gasteiger partial charge in [0.15, 0.2) is 0 Å². The fraction of sp³-hybridized carbons (Fsp3) is 0.136. The van der Waals surface area contributed by atoms with Crippen LogP contribution in [0, 0.1) is 0 Å². The molecule has 0 saturated carbocycles. The van der Waals surface area contributed by atoms with Gasteiger partial charge < -0.3 is 14.0 Å². The Bertz CT molecular complexity index is 1120. The number of pyridine rings is 1. The molecule has 154 valence electrons. The zero-order chi connectivity index (χ0) is 21.5. The first kappa shape index (κ1) is 21.1. The van der Waals surface area contributed by atoms with Gasteiger partial charge in [-0.1, -0.05) is 23.7 Å². The van der Waals surface area contributed by atoms with Gasteiger partial charge in [-0.05, 0) is 48.0 Å². The normalized spacial score (nSPS) is 10.8. The minimum Gasteiger partial charge on any atom is -0.497 e. The van der Waals surface area contributed by atoms with E-state index in [-0.39, 0.29) is 5.56 Å². The molecule has 2 aromatic carbocycles. The van der Waals surface area contributed by atoms with Crippen LogP contribution < -0.4 is 20.5 Å². The molecule has 1 N–H and O–H groups in total. The van der Waals surface area contributed by atoms with Crippen LogP contribution in [0.3, 0.4) is 0 Å². The van der Waals surface area contributed by atoms with Crippen molar-refractivity contribution in [1.82, 2.24) is 9.99 Å². The van der Waals surface area contributed by atoms with E-state index in [0.717, 1.165) is 5.56 Å². The predicted molar refractivity (Wildman–Crippen MR) is 116 cm³/mol. The number of nitrogens with zero attached hydrogens (tertiary/aromatic N) is 2. The number of aromatic nitrogens is 1. The first-order chi connectivity index (χ1) is 14.5. The fourth-order valence-electron chi connectivity index (χ4n) is 2.78. The molecular weight excluding hydrogens is 406 g/mol. The molecule has 3 aromatic rings. The van der Waals surface area contributed by atoms with Crippen LogP contribution >= 0.6 is 11.6 Å². The lowest BCUT2D eigenvalue weighted by molar-refractivity contribution is 0.0953. The van der Waals surface area contributed by atoms with Crippen LogP contribution in [-0.2, 0) is 6.54 Å². The van der Waals surface area contributed by atoms with Gasteiger partial charge in [-0.25, -0.2) is 5.43 Å². The summed E-state index contributed by atoms with van der Waals surface area (Å²) in [7, 11) is 3.08. The lowest BCUT2D eigenvalue weighted by Crippen LogP contribution is -2.30. The van der Waals surface area contributed by atoms with E-state index in [1.54, 1.807) is 49.7 Å². The summed E-state index contributed by atoms with van der Waals surface area (Å²) < 4.78 is 11.9. The summed E-state index contributed by atoms with van der Waals surface area (Å²) in [4.78, 5) is 25.2. The Labute approximate surface area is 178 Å². The van der Waals surface area contributed by atoms with Crippen molar-refractivity contribution in [2.75, 3.05) is 14.2 Å². The first-order valence-corrected chi connectivity index (χ1v) is 9.39. The maximum absolute atomic E-state index is 12.7. The molecule has 1 aromatic heterocycles. The second kappa shape index (κ2) is 9.76. The van der Waals surface area contributed by atoms with Crippen molar-refractivity contribution in [1.29, 1.82) is 0 Å². The molecule has 0 fully saturated rings. The van der Waals surface area contributed by atoms with Crippen LogP contribution in [-0.4, -0.2) is 30.9 Å². The zero-order valence-electron chi connectivity index (χ0n) is 16.5. The molecule has 8 heteroatoms. The van der Waals surface area contributed by atoms with Gasteiger partial charge in [0.05, 0.1) is 27.0 Å². The van der Waals surface area contributed by atoms with Crippen LogP contribution in [0.1, 0.15) is 21.5 Å². The van der Waals surface area contributed by atoms with Crippen molar-refractivity contribution < 1.29 is 14.3 Å². The highest BCUT2D eigenvalue weighted by molar-refractivity contribution is 6.30. The van der Waals surface area contributed by atoms with Crippen LogP contribution in [0.25, 0.3) is 0 Å². The molecule has 0 radical (unpaired) electrons. The Morgan fingerprint density at radius 3 is 2.60 bits per heavy atom. The number of carbonyl (C=O) groups is 1. The third-order valence-electron chi connectivity index (χ3n) is 4.34. The number of amides is 1. The molecule has 1 heterocycles. The Kier molecular flexibility index (Phi) is 6.87. The van der Waals surface area contributed by atoms with Gasteiger partial charge in [0, 0.05) is 16.8 Å². The Morgan fingerprint density at radius 1 is 1.13 bits per heavy atom. The molecular formula is C22H20ClN3O4. The maximum Gasteiger partial charge on any atom is 0.276 e. The summed E-state index contributed by atoms with van der Waals surface area (Å²) >= 11 is 5.89. The quantitative estimate of drug-likeness (QED) is 0.465. The SMILES string of the molecule is COc1ccc(OC)c(/C=N\NC(=O)c2cccn(Cc3ccc(Cl)cc3)c2=O)c1. The van der Waals surface area contributed by atoms with E-state index >= 15 is 0 Å². The van der Waals surface area contributed by atoms with Gasteiger partial charge in [-0.2, -0.15) is 5.10 Å². The largest absolute Gasteiger partial charge is 0.497 e. The monoisotopic (exact) mass is 425 g/mol. The lowest BCUT2D eigenvalue weighted by atomic mass is 10.2. The molecule has 7 nitrogen and oxygen atoms in total. The molecule has 0 bridgehead atoms. The summed E-state index contributed by atoms with van der Waals surface area (Å²) in [5, 5.41) is 4.56. The van der Waals surface area contributed by atoms with Crippen LogP contribution in [0.15, 0.2) is 70.7 Å². The number of carbonyl (C=O) groups excluding carboxylic acids is 1. The molecule has 30 heavy (non-hydrogen) atoms. The van der Waals surface area contributed by atoms with Crippen LogP contribution in [0.5, 0.6) is 11.5 Å². The number of methoxy groups -OCH3 is 2. The average molecular weight is 426 g/mol. The summed E-state index contributed by atoms with van der Waals surface area (Å²) in [6, 6.07) is 15.5. The lowest BCUT2D eigenvalue weighted by Gasteiger charge is -2.08. The molecule has 0 spiro atoms. The minimum atomic E-state index is -0.608. The maximum atomic E-state index is 12.7. The standard InChI is InChI=1S/C22H20ClN3O4/c1-29-18-9-10-20(30-2)16(12-18)13-24-25-21(27)19-4-3-11-26(22(19)28)14-15-5-7-17(23)8-6-15/h3-13H,14H2,1-2H3,(H,25,27)/b24-13-. The molecule has 0 aliphatic rings. The van der Waals surface area contributed by atoms with Crippen molar-refractivity contribution in [3.8, 4) is 11.5 Å². The second-order valence-electron chi connectivity index (χ2n) is 6.29. The van der Waals surface area contributed by atoms with Crippen LogP contribution in [0.4, 0.5) is 0 Å². The number of halogens is 1. The van der Waals surface area contributed by atoms with E-state index in [1.807, 2.05) is 12.1 Å². The second-order valence-corrected chi connectivity index (χ2v) is 6.72. The van der Waals surface area contributed by atoms with E-state index in [2.05, 4.69) is 10.5 Å². The fourth-order valence-corrected chi connectivity index (χ4v) is 2.91. The van der Waals surface area contributed by atoms with Gasteiger partial charge in [0.25, 0.3) is 11.5 Å². The van der Waals surface area contributed by atoms with Crippen molar-refractivity contribution in [2.24, 2.45) is 5.10 Å². The van der Waals surface area contributed by atoms with E-state index in [1.165, 1.54) is 24.0 Å².